The Hall–Kier alpha value is -2.10. The first-order valence-corrected chi connectivity index (χ1v) is 6.23. The summed E-state index contributed by atoms with van der Waals surface area (Å²) in [6, 6.07) is 6.09. The molecule has 0 saturated heterocycles. The summed E-state index contributed by atoms with van der Waals surface area (Å²) < 4.78 is 5.39. The van der Waals surface area contributed by atoms with Gasteiger partial charge in [0.25, 0.3) is 0 Å². The fourth-order valence-corrected chi connectivity index (χ4v) is 2.20. The minimum Gasteiger partial charge on any atom is -0.481 e. The second-order valence-electron chi connectivity index (χ2n) is 4.79. The van der Waals surface area contributed by atoms with Crippen LogP contribution in [0.15, 0.2) is 22.7 Å². The Kier molecular flexibility index (Phi) is 3.69. The number of carboxylic acids is 1. The Balaban J connectivity index is 2.42. The van der Waals surface area contributed by atoms with Crippen LogP contribution in [0.5, 0.6) is 0 Å². The Labute approximate surface area is 112 Å². The van der Waals surface area contributed by atoms with Gasteiger partial charge in [-0.15, -0.1) is 0 Å². The van der Waals surface area contributed by atoms with Crippen LogP contribution in [0.25, 0.3) is 11.3 Å². The number of hydrogen-bond acceptors (Lipinski definition) is 3. The number of rotatable bonds is 4. The number of carbonyl (C=O) groups is 1. The molecule has 0 saturated carbocycles. The van der Waals surface area contributed by atoms with E-state index in [0.29, 0.717) is 12.2 Å². The average molecular weight is 259 g/mol. The zero-order chi connectivity index (χ0) is 14.0. The van der Waals surface area contributed by atoms with Crippen LogP contribution in [-0.2, 0) is 11.2 Å². The molecule has 0 bridgehead atoms. The van der Waals surface area contributed by atoms with Crippen LogP contribution in [0.4, 0.5) is 0 Å². The molecule has 0 fully saturated rings. The Morgan fingerprint density at radius 1 is 1.32 bits per heavy atom. The smallest absolute Gasteiger partial charge is 0.303 e. The molecule has 0 atom stereocenters. The number of aliphatic carboxylic acids is 1. The van der Waals surface area contributed by atoms with Gasteiger partial charge in [0.05, 0.1) is 5.69 Å². The summed E-state index contributed by atoms with van der Waals surface area (Å²) in [6.45, 7) is 5.89. The third kappa shape index (κ3) is 2.84. The minimum absolute atomic E-state index is 0.0833. The van der Waals surface area contributed by atoms with E-state index >= 15 is 0 Å². The Morgan fingerprint density at radius 3 is 2.68 bits per heavy atom. The van der Waals surface area contributed by atoms with Gasteiger partial charge in [0, 0.05) is 17.5 Å². The first-order valence-electron chi connectivity index (χ1n) is 6.23. The molecular weight excluding hydrogens is 242 g/mol. The standard InChI is InChI=1S/C15H17NO3/c1-9-4-5-12(10(2)8-9)15-13(6-7-14(17)18)11(3)16-19-15/h4-5,8H,6-7H2,1-3H3,(H,17,18). The molecule has 0 amide bonds. The van der Waals surface area contributed by atoms with E-state index in [1.165, 1.54) is 5.56 Å². The third-order valence-electron chi connectivity index (χ3n) is 3.20. The van der Waals surface area contributed by atoms with Crippen LogP contribution in [-0.4, -0.2) is 16.2 Å². The van der Waals surface area contributed by atoms with E-state index in [9.17, 15) is 4.79 Å². The monoisotopic (exact) mass is 259 g/mol. The van der Waals surface area contributed by atoms with Gasteiger partial charge in [-0.2, -0.15) is 0 Å². The molecule has 2 aromatic rings. The molecule has 1 N–H and O–H groups in total. The van der Waals surface area contributed by atoms with Gasteiger partial charge < -0.3 is 9.63 Å². The second-order valence-corrected chi connectivity index (χ2v) is 4.79. The van der Waals surface area contributed by atoms with Crippen molar-refractivity contribution >= 4 is 5.97 Å². The van der Waals surface area contributed by atoms with Crippen molar-refractivity contribution in [3.63, 3.8) is 0 Å². The summed E-state index contributed by atoms with van der Waals surface area (Å²) in [5.74, 6) is -0.122. The lowest BCUT2D eigenvalue weighted by Crippen LogP contribution is -1.99. The molecule has 0 spiro atoms. The molecule has 100 valence electrons. The van der Waals surface area contributed by atoms with Crippen molar-refractivity contribution in [2.24, 2.45) is 0 Å². The second kappa shape index (κ2) is 5.26. The SMILES string of the molecule is Cc1ccc(-c2onc(C)c2CCC(=O)O)c(C)c1. The fraction of sp³-hybridized carbons (Fsp3) is 0.333. The van der Waals surface area contributed by atoms with Crippen LogP contribution in [0.1, 0.15) is 28.8 Å². The van der Waals surface area contributed by atoms with Gasteiger partial charge in [0.15, 0.2) is 5.76 Å². The maximum Gasteiger partial charge on any atom is 0.303 e. The molecule has 0 radical (unpaired) electrons. The fourth-order valence-electron chi connectivity index (χ4n) is 2.20. The van der Waals surface area contributed by atoms with Crippen LogP contribution in [0.2, 0.25) is 0 Å². The third-order valence-corrected chi connectivity index (χ3v) is 3.20. The van der Waals surface area contributed by atoms with E-state index < -0.39 is 5.97 Å². The molecule has 0 aliphatic rings. The van der Waals surface area contributed by atoms with Crippen molar-refractivity contribution < 1.29 is 14.4 Å². The number of carboxylic acid groups (broad SMARTS) is 1. The highest BCUT2D eigenvalue weighted by molar-refractivity contribution is 5.70. The topological polar surface area (TPSA) is 63.3 Å². The van der Waals surface area contributed by atoms with E-state index in [1.54, 1.807) is 0 Å². The van der Waals surface area contributed by atoms with Gasteiger partial charge in [0.1, 0.15) is 0 Å². The number of nitrogens with zero attached hydrogens (tertiary/aromatic N) is 1. The molecule has 0 aliphatic carbocycles. The summed E-state index contributed by atoms with van der Waals surface area (Å²) >= 11 is 0. The van der Waals surface area contributed by atoms with E-state index in [0.717, 1.165) is 22.4 Å². The summed E-state index contributed by atoms with van der Waals surface area (Å²) in [5.41, 5.74) is 4.91. The zero-order valence-electron chi connectivity index (χ0n) is 11.4. The molecule has 0 aliphatic heterocycles. The van der Waals surface area contributed by atoms with E-state index in [1.807, 2.05) is 32.9 Å². The van der Waals surface area contributed by atoms with Crippen LogP contribution in [0, 0.1) is 20.8 Å². The van der Waals surface area contributed by atoms with Crippen molar-refractivity contribution in [1.29, 1.82) is 0 Å². The summed E-state index contributed by atoms with van der Waals surface area (Å²) in [6.07, 6.45) is 0.521. The van der Waals surface area contributed by atoms with E-state index in [2.05, 4.69) is 11.2 Å². The van der Waals surface area contributed by atoms with E-state index in [4.69, 9.17) is 9.63 Å². The molecule has 19 heavy (non-hydrogen) atoms. The van der Waals surface area contributed by atoms with Gasteiger partial charge in [-0.1, -0.05) is 28.9 Å². The van der Waals surface area contributed by atoms with Crippen molar-refractivity contribution in [3.8, 4) is 11.3 Å². The van der Waals surface area contributed by atoms with Crippen molar-refractivity contribution in [2.45, 2.75) is 33.6 Å². The lowest BCUT2D eigenvalue weighted by Gasteiger charge is -2.06. The lowest BCUT2D eigenvalue weighted by molar-refractivity contribution is -0.136. The van der Waals surface area contributed by atoms with Crippen LogP contribution >= 0.6 is 0 Å². The van der Waals surface area contributed by atoms with E-state index in [-0.39, 0.29) is 6.42 Å². The number of aryl methyl sites for hydroxylation is 3. The maximum absolute atomic E-state index is 10.7. The predicted octanol–water partition coefficient (Wildman–Crippen LogP) is 3.28. The average Bonchev–Trinajstić information content (AvgIpc) is 2.68. The molecule has 2 rings (SSSR count). The maximum atomic E-state index is 10.7. The Morgan fingerprint density at radius 2 is 2.05 bits per heavy atom. The molecular formula is C15H17NO3. The van der Waals surface area contributed by atoms with Crippen LogP contribution < -0.4 is 0 Å². The van der Waals surface area contributed by atoms with Gasteiger partial charge >= 0.3 is 5.97 Å². The quantitative estimate of drug-likeness (QED) is 0.915. The summed E-state index contributed by atoms with van der Waals surface area (Å²) in [4.78, 5) is 10.7. The number of benzene rings is 1. The summed E-state index contributed by atoms with van der Waals surface area (Å²) in [5, 5.41) is 12.8. The molecule has 1 aromatic carbocycles. The first-order chi connectivity index (χ1) is 8.99. The molecule has 1 aromatic heterocycles. The van der Waals surface area contributed by atoms with Gasteiger partial charge in [0.2, 0.25) is 0 Å². The van der Waals surface area contributed by atoms with Gasteiger partial charge in [-0.05, 0) is 32.8 Å². The van der Waals surface area contributed by atoms with Crippen molar-refractivity contribution in [3.05, 3.63) is 40.6 Å². The normalized spacial score (nSPS) is 10.7. The number of aromatic nitrogens is 1. The van der Waals surface area contributed by atoms with Crippen molar-refractivity contribution in [1.82, 2.24) is 5.16 Å². The van der Waals surface area contributed by atoms with Crippen molar-refractivity contribution in [2.75, 3.05) is 0 Å². The highest BCUT2D eigenvalue weighted by atomic mass is 16.5. The molecule has 0 unspecified atom stereocenters. The lowest BCUT2D eigenvalue weighted by atomic mass is 9.98. The summed E-state index contributed by atoms with van der Waals surface area (Å²) in [7, 11) is 0. The molecule has 4 nitrogen and oxygen atoms in total. The zero-order valence-corrected chi connectivity index (χ0v) is 11.4. The minimum atomic E-state index is -0.813. The van der Waals surface area contributed by atoms with Crippen LogP contribution in [0.3, 0.4) is 0 Å². The molecule has 1 heterocycles. The largest absolute Gasteiger partial charge is 0.481 e. The first kappa shape index (κ1) is 13.3. The number of hydrogen-bond donors (Lipinski definition) is 1. The highest BCUT2D eigenvalue weighted by Crippen LogP contribution is 2.30. The predicted molar refractivity (Wildman–Crippen MR) is 72.1 cm³/mol. The molecule has 4 heteroatoms. The van der Waals surface area contributed by atoms with Gasteiger partial charge in [-0.25, -0.2) is 0 Å². The highest BCUT2D eigenvalue weighted by Gasteiger charge is 2.17. The van der Waals surface area contributed by atoms with Gasteiger partial charge in [-0.3, -0.25) is 4.79 Å². The Bertz CT molecular complexity index is 614.